The molecule has 2 aromatic rings. The summed E-state index contributed by atoms with van der Waals surface area (Å²) >= 11 is 12.2. The molecule has 0 unspecified atom stereocenters. The van der Waals surface area contributed by atoms with E-state index in [9.17, 15) is 18.0 Å². The lowest BCUT2D eigenvalue weighted by molar-refractivity contribution is -0.137. The predicted molar refractivity (Wildman–Crippen MR) is 121 cm³/mol. The van der Waals surface area contributed by atoms with Crippen molar-refractivity contribution in [3.8, 4) is 17.6 Å². The van der Waals surface area contributed by atoms with E-state index < -0.39 is 17.6 Å². The van der Waals surface area contributed by atoms with Crippen LogP contribution in [0.1, 0.15) is 25.0 Å². The number of ether oxygens (including phenoxy) is 1. The van der Waals surface area contributed by atoms with Crippen molar-refractivity contribution < 1.29 is 22.7 Å². The Morgan fingerprint density at radius 3 is 2.31 bits per heavy atom. The van der Waals surface area contributed by atoms with Crippen LogP contribution in [0, 0.1) is 11.8 Å². The molecule has 9 heteroatoms. The molecule has 32 heavy (non-hydrogen) atoms. The molecule has 1 amide bonds. The number of hydrogen-bond acceptors (Lipinski definition) is 3. The summed E-state index contributed by atoms with van der Waals surface area (Å²) in [5.41, 5.74) is -0.272. The molecule has 0 N–H and O–H groups in total. The quantitative estimate of drug-likeness (QED) is 0.467. The van der Waals surface area contributed by atoms with Crippen molar-refractivity contribution in [2.75, 3.05) is 38.2 Å². The van der Waals surface area contributed by atoms with Crippen molar-refractivity contribution in [2.24, 2.45) is 0 Å². The van der Waals surface area contributed by atoms with E-state index in [1.54, 1.807) is 18.2 Å². The van der Waals surface area contributed by atoms with Crippen LogP contribution in [0.15, 0.2) is 36.4 Å². The molecule has 0 saturated carbocycles. The molecule has 2 rings (SSSR count). The fraction of sp³-hybridized carbons (Fsp3) is 0.348. The van der Waals surface area contributed by atoms with E-state index in [4.69, 9.17) is 27.9 Å². The van der Waals surface area contributed by atoms with Crippen LogP contribution < -0.4 is 9.64 Å². The Morgan fingerprint density at radius 2 is 1.75 bits per heavy atom. The number of likely N-dealkylation sites (N-methyl/N-ethyl adjacent to an activating group) is 1. The number of hydrogen-bond donors (Lipinski definition) is 0. The highest BCUT2D eigenvalue weighted by Gasteiger charge is 2.30. The van der Waals surface area contributed by atoms with Crippen LogP contribution in [0.5, 0.6) is 5.75 Å². The summed E-state index contributed by atoms with van der Waals surface area (Å²) in [5, 5.41) is 0.164. The van der Waals surface area contributed by atoms with Gasteiger partial charge in [-0.05, 0) is 49.5 Å². The first-order valence-electron chi connectivity index (χ1n) is 9.88. The third-order valence-corrected chi connectivity index (χ3v) is 5.38. The van der Waals surface area contributed by atoms with Gasteiger partial charge in [0.25, 0.3) is 0 Å². The zero-order chi connectivity index (χ0) is 23.9. The fourth-order valence-corrected chi connectivity index (χ4v) is 3.21. The van der Waals surface area contributed by atoms with Gasteiger partial charge in [0, 0.05) is 30.8 Å². The minimum Gasteiger partial charge on any atom is -0.491 e. The van der Waals surface area contributed by atoms with Gasteiger partial charge in [-0.3, -0.25) is 4.79 Å². The van der Waals surface area contributed by atoms with Crippen LogP contribution in [-0.4, -0.2) is 44.1 Å². The van der Waals surface area contributed by atoms with Crippen LogP contribution in [0.2, 0.25) is 10.0 Å². The lowest BCUT2D eigenvalue weighted by Crippen LogP contribution is -2.28. The van der Waals surface area contributed by atoms with E-state index in [0.717, 1.165) is 37.8 Å². The maximum Gasteiger partial charge on any atom is 0.416 e. The molecule has 0 aliphatic rings. The van der Waals surface area contributed by atoms with Crippen molar-refractivity contribution in [1.82, 2.24) is 4.90 Å². The zero-order valence-electron chi connectivity index (χ0n) is 17.9. The van der Waals surface area contributed by atoms with Crippen molar-refractivity contribution in [2.45, 2.75) is 20.0 Å². The van der Waals surface area contributed by atoms with E-state index in [0.29, 0.717) is 23.1 Å². The van der Waals surface area contributed by atoms with Gasteiger partial charge in [-0.2, -0.15) is 13.2 Å². The first-order chi connectivity index (χ1) is 15.1. The Morgan fingerprint density at radius 1 is 1.06 bits per heavy atom. The average molecular weight is 487 g/mol. The molecule has 0 saturated heterocycles. The highest BCUT2D eigenvalue weighted by molar-refractivity contribution is 6.32. The van der Waals surface area contributed by atoms with Crippen LogP contribution in [-0.2, 0) is 11.0 Å². The Bertz CT molecular complexity index is 1010. The fourth-order valence-electron chi connectivity index (χ4n) is 2.75. The molecule has 0 fully saturated rings. The van der Waals surface area contributed by atoms with E-state index in [1.807, 2.05) is 0 Å². The topological polar surface area (TPSA) is 32.8 Å². The van der Waals surface area contributed by atoms with E-state index in [1.165, 1.54) is 11.9 Å². The van der Waals surface area contributed by atoms with Crippen molar-refractivity contribution >= 4 is 34.8 Å². The van der Waals surface area contributed by atoms with Gasteiger partial charge in [-0.15, -0.1) is 0 Å². The van der Waals surface area contributed by atoms with Gasteiger partial charge in [0.05, 0.1) is 15.6 Å². The molecule has 0 aromatic heterocycles. The molecule has 2 aromatic carbocycles. The van der Waals surface area contributed by atoms with Gasteiger partial charge in [-0.25, -0.2) is 0 Å². The monoisotopic (exact) mass is 486 g/mol. The SMILES string of the molecule is CCN(CC)CCOc1ccc(N(C)C(=O)C#Cc2ccc(C(F)(F)F)cc2Cl)cc1Cl. The van der Waals surface area contributed by atoms with Gasteiger partial charge in [0.1, 0.15) is 12.4 Å². The van der Waals surface area contributed by atoms with Crippen molar-refractivity contribution in [3.05, 3.63) is 57.6 Å². The molecule has 0 spiro atoms. The lowest BCUT2D eigenvalue weighted by atomic mass is 10.1. The molecule has 0 radical (unpaired) electrons. The van der Waals surface area contributed by atoms with Crippen LogP contribution in [0.25, 0.3) is 0 Å². The Balaban J connectivity index is 2.07. The first kappa shape index (κ1) is 25.9. The molecule has 0 aliphatic heterocycles. The van der Waals surface area contributed by atoms with Crippen LogP contribution in [0.3, 0.4) is 0 Å². The number of anilines is 1. The average Bonchev–Trinajstić information content (AvgIpc) is 2.75. The largest absolute Gasteiger partial charge is 0.491 e. The first-order valence-corrected chi connectivity index (χ1v) is 10.6. The number of carbonyl (C=O) groups is 1. The van der Waals surface area contributed by atoms with Crippen LogP contribution >= 0.6 is 23.2 Å². The standard InChI is InChI=1S/C23H23Cl2F3N2O2/c1-4-30(5-2)12-13-32-21-10-9-18(15-20(21)25)29(3)22(31)11-7-16-6-8-17(14-19(16)24)23(26,27)28/h6,8-10,14-15H,4-5,12-13H2,1-3H3. The maximum atomic E-state index is 12.7. The molecular formula is C23H23Cl2F3N2O2. The Kier molecular flexibility index (Phi) is 9.26. The van der Waals surface area contributed by atoms with Gasteiger partial charge in [0.2, 0.25) is 0 Å². The zero-order valence-corrected chi connectivity index (χ0v) is 19.4. The summed E-state index contributed by atoms with van der Waals surface area (Å²) in [6.45, 7) is 7.26. The second kappa shape index (κ2) is 11.5. The maximum absolute atomic E-state index is 12.7. The van der Waals surface area contributed by atoms with Gasteiger partial charge in [0.15, 0.2) is 0 Å². The minimum atomic E-state index is -4.51. The summed E-state index contributed by atoms with van der Waals surface area (Å²) in [7, 11) is 1.51. The molecule has 0 atom stereocenters. The molecular weight excluding hydrogens is 464 g/mol. The molecule has 0 aliphatic carbocycles. The second-order valence-corrected chi connectivity index (χ2v) is 7.61. The highest BCUT2D eigenvalue weighted by Crippen LogP contribution is 2.32. The van der Waals surface area contributed by atoms with Gasteiger partial charge in [-0.1, -0.05) is 43.0 Å². The summed E-state index contributed by atoms with van der Waals surface area (Å²) in [6, 6.07) is 7.69. The predicted octanol–water partition coefficient (Wildman–Crippen LogP) is 5.75. The third-order valence-electron chi connectivity index (χ3n) is 4.77. The summed E-state index contributed by atoms with van der Waals surface area (Å²) in [4.78, 5) is 15.9. The van der Waals surface area contributed by atoms with Gasteiger partial charge >= 0.3 is 12.1 Å². The molecule has 4 nitrogen and oxygen atoms in total. The minimum absolute atomic E-state index is 0.122. The number of rotatable bonds is 7. The van der Waals surface area contributed by atoms with Crippen LogP contribution in [0.4, 0.5) is 18.9 Å². The molecule has 0 bridgehead atoms. The smallest absolute Gasteiger partial charge is 0.416 e. The number of carbonyl (C=O) groups excluding carboxylic acids is 1. The molecule has 172 valence electrons. The summed E-state index contributed by atoms with van der Waals surface area (Å²) in [6.07, 6.45) is -4.51. The van der Waals surface area contributed by atoms with E-state index >= 15 is 0 Å². The number of alkyl halides is 3. The Hall–Kier alpha value is -2.40. The number of amides is 1. The lowest BCUT2D eigenvalue weighted by Gasteiger charge is -2.19. The summed E-state index contributed by atoms with van der Waals surface area (Å²) < 4.78 is 43.9. The normalized spacial score (nSPS) is 11.2. The third kappa shape index (κ3) is 7.06. The van der Waals surface area contributed by atoms with Crippen molar-refractivity contribution in [3.63, 3.8) is 0 Å². The van der Waals surface area contributed by atoms with Crippen molar-refractivity contribution in [1.29, 1.82) is 0 Å². The summed E-state index contributed by atoms with van der Waals surface area (Å²) in [5.74, 6) is 4.83. The highest BCUT2D eigenvalue weighted by atomic mass is 35.5. The van der Waals surface area contributed by atoms with Gasteiger partial charge < -0.3 is 14.5 Å². The van der Waals surface area contributed by atoms with E-state index in [2.05, 4.69) is 30.6 Å². The molecule has 0 heterocycles. The Labute approximate surface area is 195 Å². The number of benzene rings is 2. The number of nitrogens with zero attached hydrogens (tertiary/aromatic N) is 2. The second-order valence-electron chi connectivity index (χ2n) is 6.80. The van der Waals surface area contributed by atoms with E-state index in [-0.39, 0.29) is 10.6 Å². The number of halogens is 5.